The number of nitrogens with zero attached hydrogens (tertiary/aromatic N) is 3. The smallest absolute Gasteiger partial charge is 0.271 e. The summed E-state index contributed by atoms with van der Waals surface area (Å²) in [5.74, 6) is -0.141. The van der Waals surface area contributed by atoms with Gasteiger partial charge >= 0.3 is 0 Å². The highest BCUT2D eigenvalue weighted by atomic mass is 16.3. The second-order valence-corrected chi connectivity index (χ2v) is 7.18. The van der Waals surface area contributed by atoms with Gasteiger partial charge in [-0.3, -0.25) is 14.4 Å². The summed E-state index contributed by atoms with van der Waals surface area (Å²) in [5, 5.41) is 20.1. The van der Waals surface area contributed by atoms with E-state index in [0.717, 1.165) is 36.1 Å². The van der Waals surface area contributed by atoms with Crippen LogP contribution in [-0.2, 0) is 6.54 Å². The fraction of sp³-hybridized carbons (Fsp3) is 0.240. The highest BCUT2D eigenvalue weighted by molar-refractivity contribution is 5.87. The Kier molecular flexibility index (Phi) is 6.82. The van der Waals surface area contributed by atoms with Crippen LogP contribution < -0.4 is 5.56 Å². The number of rotatable bonds is 7. The van der Waals surface area contributed by atoms with Gasteiger partial charge in [-0.2, -0.15) is 5.26 Å². The number of unbranched alkanes of at least 4 members (excludes halogenated alkanes) is 2. The van der Waals surface area contributed by atoms with Crippen molar-refractivity contribution in [3.63, 3.8) is 0 Å². The molecule has 30 heavy (non-hydrogen) atoms. The minimum absolute atomic E-state index is 0.0465. The third-order valence-electron chi connectivity index (χ3n) is 5.15. The number of aliphatic imine (C=N–C) groups is 1. The average molecular weight is 399 g/mol. The van der Waals surface area contributed by atoms with Crippen LogP contribution in [0.1, 0.15) is 42.9 Å². The molecule has 3 aromatic rings. The molecule has 152 valence electrons. The van der Waals surface area contributed by atoms with E-state index in [2.05, 4.69) is 11.9 Å². The number of hydrogen-bond donors (Lipinski definition) is 1. The molecule has 0 saturated carbocycles. The Bertz CT molecular complexity index is 1140. The summed E-state index contributed by atoms with van der Waals surface area (Å²) in [6, 6.07) is 19.8. The molecule has 0 aliphatic rings. The predicted molar refractivity (Wildman–Crippen MR) is 120 cm³/mol. The molecule has 2 aromatic carbocycles. The van der Waals surface area contributed by atoms with Crippen molar-refractivity contribution in [1.29, 1.82) is 5.26 Å². The largest absolute Gasteiger partial charge is 0.494 e. The van der Waals surface area contributed by atoms with E-state index < -0.39 is 5.56 Å². The van der Waals surface area contributed by atoms with Crippen LogP contribution in [0.2, 0.25) is 0 Å². The minimum Gasteiger partial charge on any atom is -0.494 e. The molecule has 1 aromatic heterocycles. The van der Waals surface area contributed by atoms with Crippen molar-refractivity contribution in [2.24, 2.45) is 4.99 Å². The Hall–Kier alpha value is -3.65. The first-order valence-electron chi connectivity index (χ1n) is 10.1. The van der Waals surface area contributed by atoms with Crippen LogP contribution >= 0.6 is 0 Å². The molecule has 0 atom stereocenters. The van der Waals surface area contributed by atoms with Crippen LogP contribution in [0, 0.1) is 18.3 Å². The number of nitriles is 1. The van der Waals surface area contributed by atoms with Crippen LogP contribution in [-0.4, -0.2) is 15.9 Å². The quantitative estimate of drug-likeness (QED) is 0.430. The third-order valence-corrected chi connectivity index (χ3v) is 5.15. The zero-order valence-electron chi connectivity index (χ0n) is 17.3. The lowest BCUT2D eigenvalue weighted by molar-refractivity contribution is 0.398. The van der Waals surface area contributed by atoms with Gasteiger partial charge in [0, 0.05) is 12.8 Å². The summed E-state index contributed by atoms with van der Waals surface area (Å²) < 4.78 is 1.28. The highest BCUT2D eigenvalue weighted by Crippen LogP contribution is 2.24. The van der Waals surface area contributed by atoms with Crippen molar-refractivity contribution in [3.05, 3.63) is 81.6 Å². The molecule has 5 heteroatoms. The van der Waals surface area contributed by atoms with Crippen molar-refractivity contribution in [2.45, 2.75) is 39.7 Å². The third kappa shape index (κ3) is 4.49. The molecule has 3 rings (SSSR count). The predicted octanol–water partition coefficient (Wildman–Crippen LogP) is 5.34. The summed E-state index contributed by atoms with van der Waals surface area (Å²) in [7, 11) is 0. The summed E-state index contributed by atoms with van der Waals surface area (Å²) in [4.78, 5) is 17.0. The molecule has 0 spiro atoms. The summed E-state index contributed by atoms with van der Waals surface area (Å²) in [5.41, 5.74) is 3.36. The van der Waals surface area contributed by atoms with E-state index in [1.54, 1.807) is 6.92 Å². The molecule has 5 nitrogen and oxygen atoms in total. The van der Waals surface area contributed by atoms with Crippen LogP contribution in [0.15, 0.2) is 64.4 Å². The van der Waals surface area contributed by atoms with E-state index in [1.165, 1.54) is 10.8 Å². The van der Waals surface area contributed by atoms with Gasteiger partial charge < -0.3 is 5.11 Å². The summed E-state index contributed by atoms with van der Waals surface area (Å²) in [6.07, 6.45) is 4.23. The second-order valence-electron chi connectivity index (χ2n) is 7.18. The van der Waals surface area contributed by atoms with Crippen LogP contribution in [0.5, 0.6) is 5.88 Å². The molecular weight excluding hydrogens is 374 g/mol. The van der Waals surface area contributed by atoms with E-state index >= 15 is 0 Å². The molecule has 0 saturated heterocycles. The molecular formula is C25H25N3O2. The molecule has 0 aliphatic heterocycles. The Morgan fingerprint density at radius 1 is 1.07 bits per heavy atom. The maximum atomic E-state index is 12.6. The number of benzene rings is 2. The first-order chi connectivity index (χ1) is 14.6. The zero-order chi connectivity index (χ0) is 21.5. The van der Waals surface area contributed by atoms with E-state index in [1.807, 2.05) is 60.7 Å². The van der Waals surface area contributed by atoms with Crippen molar-refractivity contribution >= 4 is 11.9 Å². The van der Waals surface area contributed by atoms with Crippen LogP contribution in [0.3, 0.4) is 0 Å². The maximum Gasteiger partial charge on any atom is 0.271 e. The Morgan fingerprint density at radius 2 is 1.73 bits per heavy atom. The van der Waals surface area contributed by atoms with Gasteiger partial charge in [-0.15, -0.1) is 0 Å². The van der Waals surface area contributed by atoms with E-state index in [-0.39, 0.29) is 11.4 Å². The first-order valence-corrected chi connectivity index (χ1v) is 10.1. The van der Waals surface area contributed by atoms with Crippen LogP contribution in [0.4, 0.5) is 5.69 Å². The van der Waals surface area contributed by atoms with E-state index in [9.17, 15) is 15.2 Å². The molecule has 0 unspecified atom stereocenters. The van der Waals surface area contributed by atoms with Crippen molar-refractivity contribution in [3.8, 4) is 23.1 Å². The lowest BCUT2D eigenvalue weighted by Gasteiger charge is -2.13. The van der Waals surface area contributed by atoms with Crippen molar-refractivity contribution in [2.75, 3.05) is 0 Å². The van der Waals surface area contributed by atoms with Gasteiger partial charge in [0.2, 0.25) is 5.88 Å². The molecule has 0 bridgehead atoms. The first kappa shape index (κ1) is 21.1. The lowest BCUT2D eigenvalue weighted by atomic mass is 10.1. The summed E-state index contributed by atoms with van der Waals surface area (Å²) in [6.45, 7) is 4.11. The van der Waals surface area contributed by atoms with E-state index in [0.29, 0.717) is 17.7 Å². The number of pyridine rings is 1. The van der Waals surface area contributed by atoms with Crippen molar-refractivity contribution < 1.29 is 5.11 Å². The number of aromatic nitrogens is 1. The molecule has 0 aliphatic carbocycles. The fourth-order valence-electron chi connectivity index (χ4n) is 3.36. The number of aromatic hydroxyl groups is 1. The van der Waals surface area contributed by atoms with E-state index in [4.69, 9.17) is 0 Å². The van der Waals surface area contributed by atoms with Gasteiger partial charge in [0.05, 0.1) is 11.3 Å². The Labute approximate surface area is 176 Å². The van der Waals surface area contributed by atoms with Gasteiger partial charge in [0.15, 0.2) is 0 Å². The summed E-state index contributed by atoms with van der Waals surface area (Å²) >= 11 is 0. The molecule has 1 heterocycles. The number of hydrogen-bond acceptors (Lipinski definition) is 4. The minimum atomic E-state index is -0.451. The SMILES string of the molecule is CCCCCn1c(O)c(C=Nc2ccc(-c3ccccc3)cc2)c(C)c(C#N)c1=O. The molecule has 0 fully saturated rings. The Morgan fingerprint density at radius 3 is 2.37 bits per heavy atom. The van der Waals surface area contributed by atoms with Gasteiger partial charge in [0.1, 0.15) is 11.6 Å². The topological polar surface area (TPSA) is 78.4 Å². The molecule has 0 amide bonds. The fourth-order valence-corrected chi connectivity index (χ4v) is 3.36. The maximum absolute atomic E-state index is 12.6. The zero-order valence-corrected chi connectivity index (χ0v) is 17.3. The normalized spacial score (nSPS) is 11.0. The van der Waals surface area contributed by atoms with Crippen LogP contribution in [0.25, 0.3) is 11.1 Å². The monoisotopic (exact) mass is 399 g/mol. The van der Waals surface area contributed by atoms with Gasteiger partial charge in [0.25, 0.3) is 5.56 Å². The molecule has 1 N–H and O–H groups in total. The highest BCUT2D eigenvalue weighted by Gasteiger charge is 2.17. The van der Waals surface area contributed by atoms with Gasteiger partial charge in [-0.05, 0) is 42.2 Å². The Balaban J connectivity index is 1.93. The van der Waals surface area contributed by atoms with Gasteiger partial charge in [-0.25, -0.2) is 0 Å². The standard InChI is InChI=1S/C25H25N3O2/c1-3-4-8-15-28-24(29)22(16-26)18(2)23(25(28)30)17-27-21-13-11-20(12-14-21)19-9-6-5-7-10-19/h5-7,9-14,17,30H,3-4,8,15H2,1-2H3. The van der Waals surface area contributed by atoms with Crippen molar-refractivity contribution in [1.82, 2.24) is 4.57 Å². The average Bonchev–Trinajstić information content (AvgIpc) is 2.77. The van der Waals surface area contributed by atoms with Gasteiger partial charge in [-0.1, -0.05) is 62.2 Å². The second kappa shape index (κ2) is 9.71. The lowest BCUT2D eigenvalue weighted by Crippen LogP contribution is -2.25. The molecule has 0 radical (unpaired) electrons.